The number of carbonyl (C=O) groups excluding carboxylic acids is 1. The first-order valence-electron chi connectivity index (χ1n) is 14.5. The maximum absolute atomic E-state index is 13.1. The molecular formula is C32H49NO3. The monoisotopic (exact) mass is 495 g/mol. The Balaban J connectivity index is 1.60. The molecule has 2 rings (SSSR count). The minimum Gasteiger partial charge on any atom is -0.504 e. The van der Waals surface area contributed by atoms with Gasteiger partial charge in [-0.05, 0) is 30.2 Å². The molecule has 4 heteroatoms. The van der Waals surface area contributed by atoms with Gasteiger partial charge < -0.3 is 15.1 Å². The summed E-state index contributed by atoms with van der Waals surface area (Å²) in [4.78, 5) is 15.0. The fraction of sp³-hybridized carbons (Fsp3) is 0.594. The van der Waals surface area contributed by atoms with Crippen molar-refractivity contribution in [3.8, 4) is 11.5 Å². The zero-order valence-electron chi connectivity index (χ0n) is 22.6. The van der Waals surface area contributed by atoms with E-state index in [9.17, 15) is 15.0 Å². The van der Waals surface area contributed by atoms with Gasteiger partial charge in [-0.25, -0.2) is 0 Å². The average Bonchev–Trinajstić information content (AvgIpc) is 2.89. The third-order valence-corrected chi connectivity index (χ3v) is 7.01. The lowest BCUT2D eigenvalue weighted by Crippen LogP contribution is -2.31. The van der Waals surface area contributed by atoms with E-state index in [4.69, 9.17) is 0 Å². The molecule has 0 heterocycles. The lowest BCUT2D eigenvalue weighted by molar-refractivity contribution is 0.0739. The number of nitrogens with zero attached hydrogens (tertiary/aromatic N) is 1. The molecule has 0 saturated heterocycles. The highest BCUT2D eigenvalue weighted by Gasteiger charge is 2.17. The number of rotatable bonds is 20. The largest absolute Gasteiger partial charge is 0.504 e. The molecule has 36 heavy (non-hydrogen) atoms. The Labute approximate surface area is 219 Å². The maximum Gasteiger partial charge on any atom is 0.254 e. The van der Waals surface area contributed by atoms with Crippen LogP contribution < -0.4 is 0 Å². The first kappa shape index (κ1) is 29.7. The number of aromatic hydroxyl groups is 2. The quantitative estimate of drug-likeness (QED) is 0.142. The molecule has 1 amide bonds. The molecule has 2 N–H and O–H groups in total. The molecule has 0 saturated carbocycles. The topological polar surface area (TPSA) is 60.8 Å². The third-order valence-electron chi connectivity index (χ3n) is 7.01. The summed E-state index contributed by atoms with van der Waals surface area (Å²) >= 11 is 0. The summed E-state index contributed by atoms with van der Waals surface area (Å²) in [7, 11) is 0. The van der Waals surface area contributed by atoms with Crippen molar-refractivity contribution in [3.63, 3.8) is 0 Å². The van der Waals surface area contributed by atoms with E-state index in [1.54, 1.807) is 6.07 Å². The highest BCUT2D eigenvalue weighted by molar-refractivity contribution is 5.94. The summed E-state index contributed by atoms with van der Waals surface area (Å²) in [6, 6.07) is 14.3. The smallest absolute Gasteiger partial charge is 0.254 e. The number of phenols is 2. The van der Waals surface area contributed by atoms with Crippen molar-refractivity contribution < 1.29 is 15.0 Å². The van der Waals surface area contributed by atoms with Gasteiger partial charge in [-0.3, -0.25) is 4.79 Å². The van der Waals surface area contributed by atoms with Gasteiger partial charge in [0.15, 0.2) is 11.5 Å². The minimum atomic E-state index is -0.261. The van der Waals surface area contributed by atoms with E-state index < -0.39 is 0 Å². The molecule has 0 bridgehead atoms. The van der Waals surface area contributed by atoms with Crippen molar-refractivity contribution in [1.29, 1.82) is 0 Å². The lowest BCUT2D eigenvalue weighted by atomic mass is 10.0. The maximum atomic E-state index is 13.1. The average molecular weight is 496 g/mol. The first-order chi connectivity index (χ1) is 17.6. The minimum absolute atomic E-state index is 0.116. The van der Waals surface area contributed by atoms with Crippen molar-refractivity contribution in [3.05, 3.63) is 59.7 Å². The summed E-state index contributed by atoms with van der Waals surface area (Å²) in [5.74, 6) is -0.586. The molecule has 0 spiro atoms. The SMILES string of the molecule is CCCCCCCCCCCCCCCCCCN(Cc1ccccc1)C(=O)c1ccc(O)c(O)c1. The van der Waals surface area contributed by atoms with Crippen molar-refractivity contribution >= 4 is 5.91 Å². The van der Waals surface area contributed by atoms with Gasteiger partial charge in [0.1, 0.15) is 0 Å². The van der Waals surface area contributed by atoms with Crippen molar-refractivity contribution in [2.75, 3.05) is 6.54 Å². The molecule has 200 valence electrons. The van der Waals surface area contributed by atoms with Gasteiger partial charge in [-0.2, -0.15) is 0 Å². The van der Waals surface area contributed by atoms with Crippen LogP contribution in [0.2, 0.25) is 0 Å². The highest BCUT2D eigenvalue weighted by Crippen LogP contribution is 2.26. The Morgan fingerprint density at radius 3 is 1.64 bits per heavy atom. The molecule has 0 aliphatic heterocycles. The summed E-state index contributed by atoms with van der Waals surface area (Å²) in [5.41, 5.74) is 1.49. The van der Waals surface area contributed by atoms with E-state index in [2.05, 4.69) is 6.92 Å². The van der Waals surface area contributed by atoms with Gasteiger partial charge in [0.2, 0.25) is 0 Å². The molecule has 2 aromatic carbocycles. The summed E-state index contributed by atoms with van der Waals surface area (Å²) in [6.07, 6.45) is 21.2. The Kier molecular flexibility index (Phi) is 15.5. The van der Waals surface area contributed by atoms with Crippen LogP contribution >= 0.6 is 0 Å². The molecular weight excluding hydrogens is 446 g/mol. The number of hydrogen-bond donors (Lipinski definition) is 2. The van der Waals surface area contributed by atoms with Gasteiger partial charge in [0.05, 0.1) is 0 Å². The predicted octanol–water partition coefficient (Wildman–Crippen LogP) is 9.00. The molecule has 0 radical (unpaired) electrons. The van der Waals surface area contributed by atoms with Crippen LogP contribution in [0.1, 0.15) is 126 Å². The van der Waals surface area contributed by atoms with Crippen LogP contribution in [0.15, 0.2) is 48.5 Å². The van der Waals surface area contributed by atoms with E-state index in [1.165, 1.54) is 102 Å². The summed E-state index contributed by atoms with van der Waals surface area (Å²) < 4.78 is 0. The number of hydrogen-bond acceptors (Lipinski definition) is 3. The number of benzene rings is 2. The molecule has 2 aromatic rings. The fourth-order valence-electron chi connectivity index (χ4n) is 4.75. The second kappa shape index (κ2) is 18.7. The third kappa shape index (κ3) is 12.5. The molecule has 0 aromatic heterocycles. The Bertz CT molecular complexity index is 837. The van der Waals surface area contributed by atoms with E-state index in [0.717, 1.165) is 18.4 Å². The fourth-order valence-corrected chi connectivity index (χ4v) is 4.75. The van der Waals surface area contributed by atoms with Crippen molar-refractivity contribution in [2.24, 2.45) is 0 Å². The summed E-state index contributed by atoms with van der Waals surface area (Å²) in [5, 5.41) is 19.4. The van der Waals surface area contributed by atoms with Crippen LogP contribution in [0.5, 0.6) is 11.5 Å². The summed E-state index contributed by atoms with van der Waals surface area (Å²) in [6.45, 7) is 3.51. The van der Waals surface area contributed by atoms with Crippen LogP contribution in [-0.4, -0.2) is 27.6 Å². The normalized spacial score (nSPS) is 11.0. The molecule has 0 aliphatic carbocycles. The molecule has 0 fully saturated rings. The highest BCUT2D eigenvalue weighted by atomic mass is 16.3. The zero-order chi connectivity index (χ0) is 25.8. The van der Waals surface area contributed by atoms with Crippen LogP contribution in [0.25, 0.3) is 0 Å². The first-order valence-corrected chi connectivity index (χ1v) is 14.5. The number of phenolic OH excluding ortho intramolecular Hbond substituents is 2. The molecule has 4 nitrogen and oxygen atoms in total. The predicted molar refractivity (Wildman–Crippen MR) is 151 cm³/mol. The van der Waals surface area contributed by atoms with Crippen LogP contribution in [0.3, 0.4) is 0 Å². The van der Waals surface area contributed by atoms with Crippen LogP contribution in [0, 0.1) is 0 Å². The molecule has 0 aliphatic rings. The van der Waals surface area contributed by atoms with E-state index in [1.807, 2.05) is 35.2 Å². The van der Waals surface area contributed by atoms with Crippen molar-refractivity contribution in [2.45, 2.75) is 116 Å². The van der Waals surface area contributed by atoms with Crippen molar-refractivity contribution in [1.82, 2.24) is 4.90 Å². The lowest BCUT2D eigenvalue weighted by Gasteiger charge is -2.23. The van der Waals surface area contributed by atoms with Gasteiger partial charge >= 0.3 is 0 Å². The van der Waals surface area contributed by atoms with Gasteiger partial charge in [-0.15, -0.1) is 0 Å². The second-order valence-electron chi connectivity index (χ2n) is 10.2. The van der Waals surface area contributed by atoms with Crippen LogP contribution in [0.4, 0.5) is 0 Å². The van der Waals surface area contributed by atoms with E-state index in [0.29, 0.717) is 18.7 Å². The number of carbonyl (C=O) groups is 1. The number of unbranched alkanes of at least 4 members (excludes halogenated alkanes) is 15. The molecule has 0 unspecified atom stereocenters. The molecule has 0 atom stereocenters. The standard InChI is InChI=1S/C32H49NO3/c1-2-3-4-5-6-7-8-9-10-11-12-13-14-15-16-20-25-33(27-28-21-18-17-19-22-28)32(36)29-23-24-30(34)31(35)26-29/h17-19,21-24,26,34-35H,2-16,20,25,27H2,1H3. The Morgan fingerprint density at radius 1 is 0.639 bits per heavy atom. The van der Waals surface area contributed by atoms with Gasteiger partial charge in [0, 0.05) is 18.7 Å². The second-order valence-corrected chi connectivity index (χ2v) is 10.2. The van der Waals surface area contributed by atoms with Gasteiger partial charge in [0.25, 0.3) is 5.91 Å². The van der Waals surface area contributed by atoms with Crippen LogP contribution in [-0.2, 0) is 6.54 Å². The van der Waals surface area contributed by atoms with E-state index >= 15 is 0 Å². The zero-order valence-corrected chi connectivity index (χ0v) is 22.6. The Morgan fingerprint density at radius 2 is 1.14 bits per heavy atom. The van der Waals surface area contributed by atoms with Gasteiger partial charge in [-0.1, -0.05) is 134 Å². The Hall–Kier alpha value is -2.49. The number of amides is 1. The van der Waals surface area contributed by atoms with E-state index in [-0.39, 0.29) is 17.4 Å².